The first-order valence-electron chi connectivity index (χ1n) is 4.71. The van der Waals surface area contributed by atoms with Gasteiger partial charge in [-0.05, 0) is 32.1 Å². The lowest BCUT2D eigenvalue weighted by Gasteiger charge is -2.30. The highest BCUT2D eigenvalue weighted by molar-refractivity contribution is 4.88. The van der Waals surface area contributed by atoms with Crippen molar-refractivity contribution >= 4 is 0 Å². The molecule has 1 rings (SSSR count). The van der Waals surface area contributed by atoms with Gasteiger partial charge in [0.2, 0.25) is 0 Å². The van der Waals surface area contributed by atoms with Crippen LogP contribution in [0.2, 0.25) is 0 Å². The van der Waals surface area contributed by atoms with Crippen LogP contribution < -0.4 is 0 Å². The maximum absolute atomic E-state index is 12.3. The summed E-state index contributed by atoms with van der Waals surface area (Å²) in [5.41, 5.74) is -2.68. The quantitative estimate of drug-likeness (QED) is 0.733. The molecule has 0 bridgehead atoms. The summed E-state index contributed by atoms with van der Waals surface area (Å²) in [7, 11) is 0. The minimum Gasteiger partial charge on any atom is -0.393 e. The molecule has 14 heavy (non-hydrogen) atoms. The van der Waals surface area contributed by atoms with E-state index in [9.17, 15) is 23.4 Å². The van der Waals surface area contributed by atoms with Crippen LogP contribution in [0.25, 0.3) is 0 Å². The number of hydrogen-bond acceptors (Lipinski definition) is 2. The van der Waals surface area contributed by atoms with Crippen LogP contribution in [0, 0.1) is 5.92 Å². The topological polar surface area (TPSA) is 40.5 Å². The molecule has 1 aliphatic rings. The van der Waals surface area contributed by atoms with Gasteiger partial charge in [0.05, 0.1) is 6.10 Å². The summed E-state index contributed by atoms with van der Waals surface area (Å²) < 4.78 is 36.8. The maximum Gasteiger partial charge on any atom is 0.416 e. The first-order chi connectivity index (χ1) is 6.24. The molecule has 1 saturated carbocycles. The summed E-state index contributed by atoms with van der Waals surface area (Å²) in [6.07, 6.45) is -3.87. The number of aliphatic hydroxyl groups excluding tert-OH is 1. The third-order valence-electron chi connectivity index (χ3n) is 2.89. The molecule has 0 amide bonds. The van der Waals surface area contributed by atoms with Crippen LogP contribution in [0.4, 0.5) is 13.2 Å². The zero-order chi connectivity index (χ0) is 11.0. The average molecular weight is 212 g/mol. The van der Waals surface area contributed by atoms with E-state index in [0.29, 0.717) is 12.8 Å². The molecular weight excluding hydrogens is 197 g/mol. The zero-order valence-corrected chi connectivity index (χ0v) is 8.01. The van der Waals surface area contributed by atoms with Gasteiger partial charge in [-0.3, -0.25) is 0 Å². The van der Waals surface area contributed by atoms with Crippen LogP contribution in [-0.4, -0.2) is 28.1 Å². The summed E-state index contributed by atoms with van der Waals surface area (Å²) in [6.45, 7) is 0.762. The lowest BCUT2D eigenvalue weighted by Crippen LogP contribution is -2.44. The molecule has 84 valence electrons. The molecule has 0 aromatic carbocycles. The van der Waals surface area contributed by atoms with Crippen molar-refractivity contribution in [1.29, 1.82) is 0 Å². The zero-order valence-electron chi connectivity index (χ0n) is 8.01. The SMILES string of the molecule is CC(O)(CC1CCCC1O)C(F)(F)F. The van der Waals surface area contributed by atoms with Crippen LogP contribution in [0.15, 0.2) is 0 Å². The molecule has 2 nitrogen and oxygen atoms in total. The van der Waals surface area contributed by atoms with Gasteiger partial charge in [-0.15, -0.1) is 0 Å². The molecular formula is C9H15F3O2. The Labute approximate surface area is 80.7 Å². The first kappa shape index (κ1) is 11.8. The van der Waals surface area contributed by atoms with E-state index in [1.807, 2.05) is 0 Å². The van der Waals surface area contributed by atoms with Crippen molar-refractivity contribution < 1.29 is 23.4 Å². The molecule has 3 unspecified atom stereocenters. The van der Waals surface area contributed by atoms with Gasteiger partial charge in [-0.1, -0.05) is 6.42 Å². The summed E-state index contributed by atoms with van der Waals surface area (Å²) in [4.78, 5) is 0. The van der Waals surface area contributed by atoms with Crippen LogP contribution in [0.1, 0.15) is 32.6 Å². The van der Waals surface area contributed by atoms with Crippen LogP contribution >= 0.6 is 0 Å². The predicted octanol–water partition coefficient (Wildman–Crippen LogP) is 1.85. The van der Waals surface area contributed by atoms with Crippen LogP contribution in [0.3, 0.4) is 0 Å². The third-order valence-corrected chi connectivity index (χ3v) is 2.89. The van der Waals surface area contributed by atoms with E-state index >= 15 is 0 Å². The predicted molar refractivity (Wildman–Crippen MR) is 44.6 cm³/mol. The molecule has 0 saturated heterocycles. The van der Waals surface area contributed by atoms with Gasteiger partial charge >= 0.3 is 6.18 Å². The Morgan fingerprint density at radius 3 is 2.21 bits per heavy atom. The molecule has 0 heterocycles. The highest BCUT2D eigenvalue weighted by atomic mass is 19.4. The Morgan fingerprint density at radius 2 is 1.86 bits per heavy atom. The van der Waals surface area contributed by atoms with Gasteiger partial charge in [0.1, 0.15) is 0 Å². The first-order valence-corrected chi connectivity index (χ1v) is 4.71. The highest BCUT2D eigenvalue weighted by Crippen LogP contribution is 2.39. The number of alkyl halides is 3. The Morgan fingerprint density at radius 1 is 1.29 bits per heavy atom. The van der Waals surface area contributed by atoms with E-state index < -0.39 is 30.2 Å². The van der Waals surface area contributed by atoms with Crippen molar-refractivity contribution in [1.82, 2.24) is 0 Å². The van der Waals surface area contributed by atoms with E-state index in [0.717, 1.165) is 13.3 Å². The Hall–Kier alpha value is -0.290. The molecule has 0 aromatic rings. The lowest BCUT2D eigenvalue weighted by atomic mass is 9.89. The van der Waals surface area contributed by atoms with Gasteiger partial charge in [0.15, 0.2) is 5.60 Å². The van der Waals surface area contributed by atoms with Crippen LogP contribution in [-0.2, 0) is 0 Å². The van der Waals surface area contributed by atoms with Gasteiger partial charge < -0.3 is 10.2 Å². The monoisotopic (exact) mass is 212 g/mol. The van der Waals surface area contributed by atoms with E-state index in [1.165, 1.54) is 0 Å². The molecule has 2 N–H and O–H groups in total. The van der Waals surface area contributed by atoms with Crippen molar-refractivity contribution in [2.75, 3.05) is 0 Å². The van der Waals surface area contributed by atoms with Crippen molar-refractivity contribution in [3.63, 3.8) is 0 Å². The second-order valence-electron chi connectivity index (χ2n) is 4.23. The molecule has 1 fully saturated rings. The molecule has 3 atom stereocenters. The van der Waals surface area contributed by atoms with Gasteiger partial charge in [-0.2, -0.15) is 13.2 Å². The molecule has 5 heteroatoms. The number of hydrogen-bond donors (Lipinski definition) is 2. The minimum atomic E-state index is -4.62. The summed E-state index contributed by atoms with van der Waals surface area (Å²) >= 11 is 0. The molecule has 1 aliphatic carbocycles. The number of rotatable bonds is 2. The Bertz CT molecular complexity index is 201. The molecule has 0 aromatic heterocycles. The van der Waals surface area contributed by atoms with Crippen molar-refractivity contribution in [2.45, 2.75) is 50.5 Å². The Kier molecular flexibility index (Phi) is 3.11. The van der Waals surface area contributed by atoms with E-state index in [-0.39, 0.29) is 0 Å². The Balaban J connectivity index is 2.58. The van der Waals surface area contributed by atoms with E-state index in [4.69, 9.17) is 0 Å². The molecule has 0 aliphatic heterocycles. The lowest BCUT2D eigenvalue weighted by molar-refractivity contribution is -0.259. The number of halogens is 3. The summed E-state index contributed by atoms with van der Waals surface area (Å²) in [5, 5.41) is 18.5. The van der Waals surface area contributed by atoms with Gasteiger partial charge in [0, 0.05) is 0 Å². The van der Waals surface area contributed by atoms with Gasteiger partial charge in [0.25, 0.3) is 0 Å². The van der Waals surface area contributed by atoms with Crippen LogP contribution in [0.5, 0.6) is 0 Å². The summed E-state index contributed by atoms with van der Waals surface area (Å²) in [5.74, 6) is -0.424. The fourth-order valence-corrected chi connectivity index (χ4v) is 1.88. The minimum absolute atomic E-state index is 0.405. The number of aliphatic hydroxyl groups is 2. The smallest absolute Gasteiger partial charge is 0.393 e. The van der Waals surface area contributed by atoms with Crippen molar-refractivity contribution in [3.8, 4) is 0 Å². The second-order valence-corrected chi connectivity index (χ2v) is 4.23. The average Bonchev–Trinajstić information content (AvgIpc) is 2.33. The standard InChI is InChI=1S/C9H15F3O2/c1-8(14,9(10,11)12)5-6-3-2-4-7(6)13/h6-7,13-14H,2-5H2,1H3. The second kappa shape index (κ2) is 3.70. The fourth-order valence-electron chi connectivity index (χ4n) is 1.88. The van der Waals surface area contributed by atoms with E-state index in [2.05, 4.69) is 0 Å². The largest absolute Gasteiger partial charge is 0.416 e. The molecule has 0 spiro atoms. The molecule has 0 radical (unpaired) electrons. The highest BCUT2D eigenvalue weighted by Gasteiger charge is 2.51. The third kappa shape index (κ3) is 2.39. The maximum atomic E-state index is 12.3. The van der Waals surface area contributed by atoms with Crippen molar-refractivity contribution in [2.24, 2.45) is 5.92 Å². The summed E-state index contributed by atoms with van der Waals surface area (Å²) in [6, 6.07) is 0. The fraction of sp³-hybridized carbons (Fsp3) is 1.00. The van der Waals surface area contributed by atoms with Gasteiger partial charge in [-0.25, -0.2) is 0 Å². The normalized spacial score (nSPS) is 33.0. The van der Waals surface area contributed by atoms with E-state index in [1.54, 1.807) is 0 Å². The van der Waals surface area contributed by atoms with Crippen molar-refractivity contribution in [3.05, 3.63) is 0 Å².